The van der Waals surface area contributed by atoms with E-state index < -0.39 is 16.6 Å². The van der Waals surface area contributed by atoms with Crippen molar-refractivity contribution in [2.75, 3.05) is 13.2 Å². The topological polar surface area (TPSA) is 18.5 Å². The van der Waals surface area contributed by atoms with Crippen LogP contribution in [0.3, 0.4) is 0 Å². The standard InChI is InChI=1S/C35H44O2Si2/c1-29-17-21-33(22-18-29)38(3,4)36-27-35(25-31-13-9-7-10-14-31,26-32-15-11-8-12-16-32)28-37-39(5,6)34-23-19-30(2)20-24-34/h7-24H,25-28H2,1-6H3. The molecule has 0 spiro atoms. The molecule has 4 heteroatoms. The van der Waals surface area contributed by atoms with Gasteiger partial charge >= 0.3 is 0 Å². The van der Waals surface area contributed by atoms with Crippen LogP contribution in [0.25, 0.3) is 0 Å². The fourth-order valence-corrected chi connectivity index (χ4v) is 8.72. The number of aryl methyl sites for hydroxylation is 2. The Hall–Kier alpha value is -2.77. The maximum absolute atomic E-state index is 7.03. The van der Waals surface area contributed by atoms with Crippen molar-refractivity contribution in [3.05, 3.63) is 131 Å². The third-order valence-corrected chi connectivity index (χ3v) is 13.0. The second-order valence-electron chi connectivity index (χ2n) is 12.2. The lowest BCUT2D eigenvalue weighted by atomic mass is 9.78. The SMILES string of the molecule is Cc1ccc([Si](C)(C)OCC(CO[Si](C)(C)c2ccc(C)cc2)(Cc2ccccc2)Cc2ccccc2)cc1. The van der Waals surface area contributed by atoms with Crippen molar-refractivity contribution in [3.8, 4) is 0 Å². The fraction of sp³-hybridized carbons (Fsp3) is 0.314. The van der Waals surface area contributed by atoms with Crippen LogP contribution in [0, 0.1) is 19.3 Å². The molecule has 204 valence electrons. The summed E-state index contributed by atoms with van der Waals surface area (Å²) in [6, 6.07) is 39.5. The quantitative estimate of drug-likeness (QED) is 0.171. The lowest BCUT2D eigenvalue weighted by molar-refractivity contribution is 0.0728. The molecule has 0 N–H and O–H groups in total. The van der Waals surface area contributed by atoms with Gasteiger partial charge in [0.15, 0.2) is 0 Å². The molecule has 0 unspecified atom stereocenters. The summed E-state index contributed by atoms with van der Waals surface area (Å²) >= 11 is 0. The summed E-state index contributed by atoms with van der Waals surface area (Å²) in [5, 5.41) is 2.66. The van der Waals surface area contributed by atoms with Crippen molar-refractivity contribution in [2.45, 2.75) is 52.9 Å². The van der Waals surface area contributed by atoms with E-state index in [9.17, 15) is 0 Å². The first-order valence-corrected chi connectivity index (χ1v) is 19.9. The molecule has 0 aliphatic heterocycles. The largest absolute Gasteiger partial charge is 0.412 e. The lowest BCUT2D eigenvalue weighted by Gasteiger charge is -2.39. The number of hydrogen-bond acceptors (Lipinski definition) is 2. The first-order valence-electron chi connectivity index (χ1n) is 14.1. The molecule has 0 saturated carbocycles. The van der Waals surface area contributed by atoms with Crippen molar-refractivity contribution < 1.29 is 8.85 Å². The minimum absolute atomic E-state index is 0.202. The first kappa shape index (κ1) is 29.2. The molecule has 0 fully saturated rings. The Morgan fingerprint density at radius 3 is 1.15 bits per heavy atom. The Bertz CT molecular complexity index is 1190. The smallest absolute Gasteiger partial charge is 0.218 e. The zero-order valence-electron chi connectivity index (χ0n) is 24.5. The summed E-state index contributed by atoms with van der Waals surface area (Å²) < 4.78 is 14.1. The van der Waals surface area contributed by atoms with Crippen molar-refractivity contribution in [2.24, 2.45) is 5.41 Å². The summed E-state index contributed by atoms with van der Waals surface area (Å²) in [6.07, 6.45) is 1.80. The van der Waals surface area contributed by atoms with Gasteiger partial charge in [0, 0.05) is 18.6 Å². The van der Waals surface area contributed by atoms with Crippen LogP contribution in [-0.4, -0.2) is 29.8 Å². The van der Waals surface area contributed by atoms with Gasteiger partial charge in [-0.05, 0) is 74.4 Å². The molecule has 0 aliphatic rings. The molecule has 0 bridgehead atoms. The van der Waals surface area contributed by atoms with Gasteiger partial charge in [-0.3, -0.25) is 0 Å². The predicted octanol–water partition coefficient (Wildman–Crippen LogP) is 7.33. The van der Waals surface area contributed by atoms with Gasteiger partial charge in [-0.15, -0.1) is 0 Å². The van der Waals surface area contributed by atoms with Crippen LogP contribution in [0.4, 0.5) is 0 Å². The van der Waals surface area contributed by atoms with Gasteiger partial charge < -0.3 is 8.85 Å². The zero-order valence-corrected chi connectivity index (χ0v) is 26.5. The average molecular weight is 553 g/mol. The Kier molecular flexibility index (Phi) is 9.45. The van der Waals surface area contributed by atoms with Crippen LogP contribution in [0.1, 0.15) is 22.3 Å². The van der Waals surface area contributed by atoms with Gasteiger partial charge in [-0.1, -0.05) is 120 Å². The van der Waals surface area contributed by atoms with Crippen LogP contribution in [0.5, 0.6) is 0 Å². The van der Waals surface area contributed by atoms with Gasteiger partial charge in [-0.2, -0.15) is 0 Å². The molecule has 0 atom stereocenters. The maximum Gasteiger partial charge on any atom is 0.218 e. The van der Waals surface area contributed by atoms with Gasteiger partial charge in [0.25, 0.3) is 0 Å². The first-order chi connectivity index (χ1) is 18.6. The fourth-order valence-electron chi connectivity index (χ4n) is 5.11. The van der Waals surface area contributed by atoms with Crippen LogP contribution < -0.4 is 10.4 Å². The highest BCUT2D eigenvalue weighted by Crippen LogP contribution is 2.32. The van der Waals surface area contributed by atoms with E-state index >= 15 is 0 Å². The summed E-state index contributed by atoms with van der Waals surface area (Å²) in [5.41, 5.74) is 5.01. The van der Waals surface area contributed by atoms with E-state index in [1.54, 1.807) is 0 Å². The molecule has 0 aromatic heterocycles. The summed E-state index contributed by atoms with van der Waals surface area (Å²) in [5.74, 6) is 0. The molecule has 0 amide bonds. The molecule has 0 heterocycles. The number of rotatable bonds is 12. The van der Waals surface area contributed by atoms with Crippen molar-refractivity contribution in [1.29, 1.82) is 0 Å². The van der Waals surface area contributed by atoms with Crippen molar-refractivity contribution in [3.63, 3.8) is 0 Å². The number of hydrogen-bond donors (Lipinski definition) is 0. The number of benzene rings is 4. The third-order valence-electron chi connectivity index (χ3n) is 7.82. The minimum atomic E-state index is -2.14. The Labute approximate surface area is 238 Å². The predicted molar refractivity (Wildman–Crippen MR) is 171 cm³/mol. The molecule has 4 aromatic carbocycles. The second kappa shape index (κ2) is 12.6. The van der Waals surface area contributed by atoms with E-state index in [0.29, 0.717) is 13.2 Å². The Balaban J connectivity index is 1.68. The van der Waals surface area contributed by atoms with E-state index in [0.717, 1.165) is 12.8 Å². The summed E-state index contributed by atoms with van der Waals surface area (Å²) in [6.45, 7) is 14.9. The van der Waals surface area contributed by atoms with Crippen LogP contribution in [0.15, 0.2) is 109 Å². The maximum atomic E-state index is 7.03. The van der Waals surface area contributed by atoms with E-state index in [4.69, 9.17) is 8.85 Å². The highest BCUT2D eigenvalue weighted by Gasteiger charge is 2.38. The molecule has 39 heavy (non-hydrogen) atoms. The summed E-state index contributed by atoms with van der Waals surface area (Å²) in [7, 11) is -4.27. The lowest BCUT2D eigenvalue weighted by Crippen LogP contribution is -2.52. The third kappa shape index (κ3) is 8.12. The molecule has 0 radical (unpaired) electrons. The van der Waals surface area contributed by atoms with Gasteiger partial charge in [0.1, 0.15) is 0 Å². The normalized spacial score (nSPS) is 12.5. The molecular formula is C35H44O2Si2. The van der Waals surface area contributed by atoms with E-state index in [-0.39, 0.29) is 5.41 Å². The minimum Gasteiger partial charge on any atom is -0.412 e. The highest BCUT2D eigenvalue weighted by atomic mass is 28.4. The highest BCUT2D eigenvalue weighted by molar-refractivity contribution is 6.84. The van der Waals surface area contributed by atoms with Crippen molar-refractivity contribution in [1.82, 2.24) is 0 Å². The van der Waals surface area contributed by atoms with E-state index in [1.165, 1.54) is 32.6 Å². The van der Waals surface area contributed by atoms with Crippen LogP contribution >= 0.6 is 0 Å². The Morgan fingerprint density at radius 1 is 0.487 bits per heavy atom. The Morgan fingerprint density at radius 2 is 0.821 bits per heavy atom. The van der Waals surface area contributed by atoms with Crippen LogP contribution in [0.2, 0.25) is 26.2 Å². The van der Waals surface area contributed by atoms with Gasteiger partial charge in [0.05, 0.1) is 0 Å². The monoisotopic (exact) mass is 552 g/mol. The molecule has 4 aromatic rings. The van der Waals surface area contributed by atoms with Crippen LogP contribution in [-0.2, 0) is 21.7 Å². The van der Waals surface area contributed by atoms with E-state index in [2.05, 4.69) is 149 Å². The van der Waals surface area contributed by atoms with Crippen molar-refractivity contribution >= 4 is 27.0 Å². The molecule has 0 aliphatic carbocycles. The molecule has 4 rings (SSSR count). The molecule has 0 saturated heterocycles. The average Bonchev–Trinajstić information content (AvgIpc) is 2.93. The van der Waals surface area contributed by atoms with E-state index in [1.807, 2.05) is 0 Å². The summed E-state index contributed by atoms with van der Waals surface area (Å²) in [4.78, 5) is 0. The van der Waals surface area contributed by atoms with Gasteiger partial charge in [0.2, 0.25) is 16.6 Å². The second-order valence-corrected chi connectivity index (χ2v) is 19.9. The molecular weight excluding hydrogens is 509 g/mol. The van der Waals surface area contributed by atoms with Gasteiger partial charge in [-0.25, -0.2) is 0 Å². The molecule has 2 nitrogen and oxygen atoms in total. The zero-order chi connectivity index (χ0) is 27.9.